The highest BCUT2D eigenvalue weighted by atomic mass is 79.9. The van der Waals surface area contributed by atoms with Crippen molar-refractivity contribution in [2.24, 2.45) is 5.92 Å². The van der Waals surface area contributed by atoms with Crippen molar-refractivity contribution in [3.05, 3.63) is 33.9 Å². The fourth-order valence-electron chi connectivity index (χ4n) is 1.95. The molecule has 0 aliphatic heterocycles. The number of halogens is 1. The van der Waals surface area contributed by atoms with E-state index in [2.05, 4.69) is 29.8 Å². The summed E-state index contributed by atoms with van der Waals surface area (Å²) in [5, 5.41) is 11.1. The van der Waals surface area contributed by atoms with Gasteiger partial charge in [0.15, 0.2) is 9.84 Å². The van der Waals surface area contributed by atoms with Crippen molar-refractivity contribution in [2.45, 2.75) is 36.4 Å². The summed E-state index contributed by atoms with van der Waals surface area (Å²) < 4.78 is 22.9. The molecule has 1 atom stereocenters. The Morgan fingerprint density at radius 2 is 1.95 bits per heavy atom. The maximum Gasteiger partial charge on any atom is 0.273 e. The molecule has 0 saturated heterocycles. The van der Waals surface area contributed by atoms with Crippen LogP contribution < -0.4 is 0 Å². The molecule has 1 aromatic carbocycles. The van der Waals surface area contributed by atoms with E-state index in [1.807, 2.05) is 0 Å². The molecule has 0 N–H and O–H groups in total. The zero-order chi connectivity index (χ0) is 15.5. The maximum absolute atomic E-state index is 11.5. The first-order valence-electron chi connectivity index (χ1n) is 6.22. The van der Waals surface area contributed by atoms with Crippen molar-refractivity contribution in [3.63, 3.8) is 0 Å². The molecule has 0 heterocycles. The van der Waals surface area contributed by atoms with Gasteiger partial charge in [-0.15, -0.1) is 0 Å². The van der Waals surface area contributed by atoms with Crippen molar-refractivity contribution in [1.29, 1.82) is 0 Å². The van der Waals surface area contributed by atoms with Crippen molar-refractivity contribution in [1.82, 2.24) is 0 Å². The summed E-state index contributed by atoms with van der Waals surface area (Å²) in [6.07, 6.45) is 2.43. The van der Waals surface area contributed by atoms with Crippen molar-refractivity contribution in [2.75, 3.05) is 6.26 Å². The van der Waals surface area contributed by atoms with Gasteiger partial charge in [0.05, 0.1) is 9.82 Å². The quantitative estimate of drug-likeness (QED) is 0.441. The Kier molecular flexibility index (Phi) is 5.70. The predicted octanol–water partition coefficient (Wildman–Crippen LogP) is 3.35. The first-order chi connectivity index (χ1) is 9.11. The number of rotatable bonds is 6. The highest BCUT2D eigenvalue weighted by Crippen LogP contribution is 2.27. The first-order valence-corrected chi connectivity index (χ1v) is 9.03. The average molecular weight is 364 g/mol. The Labute approximate surface area is 127 Å². The lowest BCUT2D eigenvalue weighted by Crippen LogP contribution is -2.09. The van der Waals surface area contributed by atoms with Crippen LogP contribution in [0, 0.1) is 16.0 Å². The van der Waals surface area contributed by atoms with E-state index in [-0.39, 0.29) is 15.4 Å². The number of sulfone groups is 1. The molecule has 0 amide bonds. The van der Waals surface area contributed by atoms with Crippen molar-refractivity contribution < 1.29 is 13.3 Å². The van der Waals surface area contributed by atoms with E-state index in [1.54, 1.807) is 0 Å². The number of nitro groups is 1. The largest absolute Gasteiger partial charge is 0.273 e. The predicted molar refractivity (Wildman–Crippen MR) is 82.1 cm³/mol. The van der Waals surface area contributed by atoms with E-state index >= 15 is 0 Å². The Bertz CT molecular complexity index is 598. The van der Waals surface area contributed by atoms with E-state index < -0.39 is 14.8 Å². The van der Waals surface area contributed by atoms with E-state index in [4.69, 9.17) is 0 Å². The van der Waals surface area contributed by atoms with Crippen LogP contribution in [0.25, 0.3) is 0 Å². The van der Waals surface area contributed by atoms with Gasteiger partial charge in [-0.25, -0.2) is 8.42 Å². The summed E-state index contributed by atoms with van der Waals surface area (Å²) in [5.74, 6) is 0.480. The van der Waals surface area contributed by atoms with E-state index in [9.17, 15) is 18.5 Å². The third-order valence-corrected chi connectivity index (χ3v) is 4.66. The molecule has 0 saturated carbocycles. The summed E-state index contributed by atoms with van der Waals surface area (Å²) in [7, 11) is -3.44. The monoisotopic (exact) mass is 363 g/mol. The molecule has 7 heteroatoms. The Balaban J connectivity index is 3.12. The molecule has 1 unspecified atom stereocenters. The molecule has 0 radical (unpaired) electrons. The number of nitrogens with zero attached hydrogens (tertiary/aromatic N) is 1. The zero-order valence-electron chi connectivity index (χ0n) is 11.7. The van der Waals surface area contributed by atoms with Gasteiger partial charge in [-0.05, 0) is 24.8 Å². The lowest BCUT2D eigenvalue weighted by molar-refractivity contribution is -0.385. The molecule has 0 aromatic heterocycles. The fraction of sp³-hybridized carbons (Fsp3) is 0.538. The van der Waals surface area contributed by atoms with E-state index in [1.165, 1.54) is 12.1 Å². The highest BCUT2D eigenvalue weighted by molar-refractivity contribution is 9.09. The van der Waals surface area contributed by atoms with Crippen molar-refractivity contribution >= 4 is 31.5 Å². The Hall–Kier alpha value is -0.950. The van der Waals surface area contributed by atoms with Crippen LogP contribution in [0.3, 0.4) is 0 Å². The average Bonchev–Trinajstić information content (AvgIpc) is 2.26. The van der Waals surface area contributed by atoms with Crippen LogP contribution in [0.5, 0.6) is 0 Å². The highest BCUT2D eigenvalue weighted by Gasteiger charge is 2.20. The number of hydrogen-bond acceptors (Lipinski definition) is 4. The van der Waals surface area contributed by atoms with Gasteiger partial charge in [-0.1, -0.05) is 35.8 Å². The topological polar surface area (TPSA) is 77.3 Å². The summed E-state index contributed by atoms with van der Waals surface area (Å²) in [5.41, 5.74) is 0.408. The number of alkyl halides is 1. The van der Waals surface area contributed by atoms with Crippen molar-refractivity contribution in [3.8, 4) is 0 Å². The number of benzene rings is 1. The van der Waals surface area contributed by atoms with Gasteiger partial charge >= 0.3 is 0 Å². The standard InChI is InChI=1S/C13H18BrNO4S/c1-9(2)6-11(14)7-10-4-5-12(20(3,18)19)8-13(10)15(16)17/h4-5,8-9,11H,6-7H2,1-3H3. The molecule has 112 valence electrons. The molecule has 5 nitrogen and oxygen atoms in total. The molecule has 1 aromatic rings. The van der Waals surface area contributed by atoms with Gasteiger partial charge in [0.25, 0.3) is 5.69 Å². The lowest BCUT2D eigenvalue weighted by atomic mass is 10.0. The molecule has 20 heavy (non-hydrogen) atoms. The van der Waals surface area contributed by atoms with Gasteiger partial charge in [0, 0.05) is 22.7 Å². The van der Waals surface area contributed by atoms with Gasteiger partial charge in [0.2, 0.25) is 0 Å². The second-order valence-corrected chi connectivity index (χ2v) is 8.56. The normalized spacial score (nSPS) is 13.4. The zero-order valence-corrected chi connectivity index (χ0v) is 14.1. The van der Waals surface area contributed by atoms with Crippen LogP contribution in [0.2, 0.25) is 0 Å². The summed E-state index contributed by atoms with van der Waals surface area (Å²) >= 11 is 3.52. The number of nitro benzene ring substituents is 1. The number of hydrogen-bond donors (Lipinski definition) is 0. The molecule has 0 bridgehead atoms. The third kappa shape index (κ3) is 4.86. The van der Waals surface area contributed by atoms with Gasteiger partial charge in [0.1, 0.15) is 0 Å². The molecule has 1 rings (SSSR count). The second-order valence-electron chi connectivity index (χ2n) is 5.25. The van der Waals surface area contributed by atoms with Gasteiger partial charge in [-0.2, -0.15) is 0 Å². The molecule has 0 aliphatic carbocycles. The van der Waals surface area contributed by atoms with Crippen LogP contribution in [-0.2, 0) is 16.3 Å². The minimum absolute atomic E-state index is 0.0251. The SMILES string of the molecule is CC(C)CC(Br)Cc1ccc(S(C)(=O)=O)cc1[N+](=O)[O-]. The Morgan fingerprint density at radius 1 is 1.35 bits per heavy atom. The minimum atomic E-state index is -3.44. The lowest BCUT2D eigenvalue weighted by Gasteiger charge is -2.12. The van der Waals surface area contributed by atoms with Crippen LogP contribution in [0.1, 0.15) is 25.8 Å². The van der Waals surface area contributed by atoms with Gasteiger partial charge in [-0.3, -0.25) is 10.1 Å². The smallest absolute Gasteiger partial charge is 0.258 e. The summed E-state index contributed by atoms with van der Waals surface area (Å²) in [4.78, 5) is 10.7. The Morgan fingerprint density at radius 3 is 2.40 bits per heavy atom. The van der Waals surface area contributed by atoms with Crippen LogP contribution in [-0.4, -0.2) is 24.4 Å². The molecular weight excluding hydrogens is 346 g/mol. The van der Waals surface area contributed by atoms with Crippen LogP contribution in [0.4, 0.5) is 5.69 Å². The minimum Gasteiger partial charge on any atom is -0.258 e. The van der Waals surface area contributed by atoms with Crippen LogP contribution >= 0.6 is 15.9 Å². The molecule has 0 spiro atoms. The van der Waals surface area contributed by atoms with E-state index in [0.717, 1.165) is 18.7 Å². The van der Waals surface area contributed by atoms with Crippen LogP contribution in [0.15, 0.2) is 23.1 Å². The molecule has 0 fully saturated rings. The van der Waals surface area contributed by atoms with Gasteiger partial charge < -0.3 is 0 Å². The fourth-order valence-corrected chi connectivity index (χ4v) is 3.69. The molecular formula is C13H18BrNO4S. The first kappa shape index (κ1) is 17.1. The second kappa shape index (κ2) is 6.67. The molecule has 0 aliphatic rings. The van der Waals surface area contributed by atoms with E-state index in [0.29, 0.717) is 17.9 Å². The summed E-state index contributed by atoms with van der Waals surface area (Å²) in [6.45, 7) is 4.16. The maximum atomic E-state index is 11.5. The third-order valence-electron chi connectivity index (χ3n) is 2.85. The summed E-state index contributed by atoms with van der Waals surface area (Å²) in [6, 6.07) is 4.09.